The van der Waals surface area contributed by atoms with Crippen molar-refractivity contribution in [3.63, 3.8) is 0 Å². The first-order chi connectivity index (χ1) is 33.8. The smallest absolute Gasteiger partial charge is 0.255 e. The van der Waals surface area contributed by atoms with E-state index in [1.54, 1.807) is 30.1 Å². The molecule has 4 heterocycles. The van der Waals surface area contributed by atoms with E-state index in [2.05, 4.69) is 27.2 Å². The number of rotatable bonds is 24. The van der Waals surface area contributed by atoms with Crippen LogP contribution in [0.1, 0.15) is 35.2 Å². The lowest BCUT2D eigenvalue weighted by atomic mass is 10.0. The van der Waals surface area contributed by atoms with E-state index in [0.717, 1.165) is 11.6 Å². The molecule has 3 aromatic carbocycles. The van der Waals surface area contributed by atoms with E-state index in [0.29, 0.717) is 103 Å². The van der Waals surface area contributed by atoms with Crippen molar-refractivity contribution in [2.75, 3.05) is 116 Å². The summed E-state index contributed by atoms with van der Waals surface area (Å²) in [5.41, 5.74) is 0.321. The van der Waals surface area contributed by atoms with Crippen LogP contribution in [-0.2, 0) is 44.7 Å². The predicted molar refractivity (Wildman–Crippen MR) is 253 cm³/mol. The first-order valence-corrected chi connectivity index (χ1v) is 23.3. The summed E-state index contributed by atoms with van der Waals surface area (Å²) in [6.45, 7) is 8.61. The summed E-state index contributed by atoms with van der Waals surface area (Å²) in [5, 5.41) is 15.9. The molecule has 2 fully saturated rings. The van der Waals surface area contributed by atoms with E-state index >= 15 is 4.39 Å². The maximum absolute atomic E-state index is 16.4. The van der Waals surface area contributed by atoms with E-state index in [1.165, 1.54) is 34.1 Å². The maximum Gasteiger partial charge on any atom is 0.255 e. The van der Waals surface area contributed by atoms with Crippen molar-refractivity contribution in [2.24, 2.45) is 0 Å². The van der Waals surface area contributed by atoms with Crippen molar-refractivity contribution in [2.45, 2.75) is 31.8 Å². The molecule has 0 spiro atoms. The Kier molecular flexibility index (Phi) is 17.9. The highest BCUT2D eigenvalue weighted by molar-refractivity contribution is 6.34. The van der Waals surface area contributed by atoms with Gasteiger partial charge in [-0.15, -0.1) is 0 Å². The molecule has 1 unspecified atom stereocenters. The van der Waals surface area contributed by atoms with Crippen LogP contribution in [-0.4, -0.2) is 171 Å². The third-order valence-electron chi connectivity index (χ3n) is 11.9. The maximum atomic E-state index is 16.4. The monoisotopic (exact) mass is 992 g/mol. The van der Waals surface area contributed by atoms with Gasteiger partial charge in [0.15, 0.2) is 5.82 Å². The van der Waals surface area contributed by atoms with Crippen LogP contribution in [0.2, 0.25) is 5.02 Å². The number of nitrogens with zero attached hydrogens (tertiary/aromatic N) is 6. The minimum Gasteiger partial charge on any atom is -0.507 e. The van der Waals surface area contributed by atoms with Gasteiger partial charge < -0.3 is 53.7 Å². The normalized spacial score (nSPS) is 15.9. The number of fused-ring (bicyclic) bond motifs is 2. The minimum atomic E-state index is -0.967. The third kappa shape index (κ3) is 12.6. The number of carbonyl (C=O) groups is 5. The van der Waals surface area contributed by atoms with Crippen LogP contribution in [0, 0.1) is 11.6 Å². The molecular weight excluding hydrogens is 938 g/mol. The Balaban J connectivity index is 0.760. The van der Waals surface area contributed by atoms with Crippen LogP contribution in [0.25, 0.3) is 22.0 Å². The fraction of sp³-hybridized carbons (Fsp3) is 0.438. The van der Waals surface area contributed by atoms with E-state index < -0.39 is 34.9 Å². The topological polar surface area (TPSA) is 215 Å². The molecule has 19 nitrogen and oxygen atoms in total. The molecule has 1 aromatic heterocycles. The van der Waals surface area contributed by atoms with Crippen molar-refractivity contribution in [1.82, 2.24) is 30.0 Å². The summed E-state index contributed by atoms with van der Waals surface area (Å²) < 4.78 is 59.5. The number of piperidine rings is 1. The van der Waals surface area contributed by atoms with Crippen LogP contribution in [0.3, 0.4) is 0 Å². The highest BCUT2D eigenvalue weighted by Gasteiger charge is 2.39. The molecule has 1 atom stereocenters. The number of hydrogen-bond acceptors (Lipinski definition) is 15. The molecule has 0 bridgehead atoms. The van der Waals surface area contributed by atoms with E-state index in [1.807, 2.05) is 4.90 Å². The number of phenols is 1. The summed E-state index contributed by atoms with van der Waals surface area (Å²) in [6, 6.07) is 9.52. The van der Waals surface area contributed by atoms with Crippen molar-refractivity contribution in [1.29, 1.82) is 0 Å². The lowest BCUT2D eigenvalue weighted by Gasteiger charge is -2.35. The standard InChI is InChI=1S/C48H55ClF2N8O11/c1-3-39(62)57-13-15-58(16-14-57)45-33-28-34(49)41(42-35(50)5-4-6-37(42)60)43(51)44(33)54-48(55-45)52-12-11-40(63)56(2)17-18-66-19-20-67-21-22-68-23-24-69-25-26-70-31-7-8-32-30(27-31)29-59(47(32)65)36-9-10-38(61)53-46(36)64/h3-8,27-28,36,60H,1,9-26,29H2,2H3,(H,52,54,55)(H,53,61,64). The number of imide groups is 1. The number of phenolic OH excluding ortho intramolecular Hbond substituents is 1. The molecular formula is C48H55ClF2N8O11. The van der Waals surface area contributed by atoms with Crippen molar-refractivity contribution >= 4 is 63.8 Å². The zero-order chi connectivity index (χ0) is 49.7. The van der Waals surface area contributed by atoms with Gasteiger partial charge in [-0.3, -0.25) is 29.3 Å². The fourth-order valence-electron chi connectivity index (χ4n) is 8.18. The van der Waals surface area contributed by atoms with Gasteiger partial charge in [0.05, 0.1) is 63.4 Å². The van der Waals surface area contributed by atoms with Crippen molar-refractivity contribution in [3.05, 3.63) is 82.9 Å². The summed E-state index contributed by atoms with van der Waals surface area (Å²) in [7, 11) is 1.65. The van der Waals surface area contributed by atoms with Crippen molar-refractivity contribution < 1.29 is 61.5 Å². The van der Waals surface area contributed by atoms with Crippen LogP contribution in [0.4, 0.5) is 20.5 Å². The number of halogens is 3. The average Bonchev–Trinajstić information content (AvgIpc) is 3.67. The zero-order valence-corrected chi connectivity index (χ0v) is 39.4. The summed E-state index contributed by atoms with van der Waals surface area (Å²) in [4.78, 5) is 77.5. The number of piperazine rings is 1. The molecule has 374 valence electrons. The van der Waals surface area contributed by atoms with Crippen LogP contribution in [0.15, 0.2) is 55.1 Å². The number of likely N-dealkylation sites (N-methyl/N-ethyl adjacent to an activating group) is 1. The Labute approximate surface area is 407 Å². The number of aromatic nitrogens is 2. The van der Waals surface area contributed by atoms with E-state index in [-0.39, 0.29) is 90.2 Å². The summed E-state index contributed by atoms with van der Waals surface area (Å²) in [5.74, 6) is -2.87. The molecule has 7 rings (SSSR count). The predicted octanol–water partition coefficient (Wildman–Crippen LogP) is 3.94. The SMILES string of the molecule is C=CC(=O)N1CCN(c2nc(NCCC(=O)N(C)CCOCCOCCOCCOCCOc3ccc4c(c3)CN(C3CCC(=O)NC3=O)C4=O)nc3c(F)c(-c4c(O)cccc4F)c(Cl)cc23)CC1. The van der Waals surface area contributed by atoms with Crippen molar-refractivity contribution in [3.8, 4) is 22.6 Å². The van der Waals surface area contributed by atoms with Gasteiger partial charge in [0, 0.05) is 82.2 Å². The van der Waals surface area contributed by atoms with Gasteiger partial charge in [-0.2, -0.15) is 4.98 Å². The number of carbonyl (C=O) groups excluding carboxylic acids is 5. The van der Waals surface area contributed by atoms with Crippen LogP contribution in [0.5, 0.6) is 11.5 Å². The number of anilines is 2. The molecule has 4 aromatic rings. The second kappa shape index (κ2) is 24.4. The van der Waals surface area contributed by atoms with Gasteiger partial charge in [-0.05, 0) is 54.5 Å². The largest absolute Gasteiger partial charge is 0.507 e. The Hall–Kier alpha value is -6.52. The zero-order valence-electron chi connectivity index (χ0n) is 38.7. The molecule has 3 N–H and O–H groups in total. The minimum absolute atomic E-state index is 0.00857. The van der Waals surface area contributed by atoms with Gasteiger partial charge in [-0.1, -0.05) is 24.2 Å². The third-order valence-corrected chi connectivity index (χ3v) is 12.2. The Morgan fingerprint density at radius 2 is 1.61 bits per heavy atom. The van der Waals surface area contributed by atoms with Gasteiger partial charge in [0.25, 0.3) is 5.91 Å². The highest BCUT2D eigenvalue weighted by atomic mass is 35.5. The summed E-state index contributed by atoms with van der Waals surface area (Å²) >= 11 is 6.56. The second-order valence-electron chi connectivity index (χ2n) is 16.5. The number of aromatic hydroxyl groups is 1. The number of nitrogens with one attached hydrogen (secondary N) is 2. The highest BCUT2D eigenvalue weighted by Crippen LogP contribution is 2.42. The molecule has 22 heteroatoms. The average molecular weight is 993 g/mol. The molecule has 5 amide bonds. The van der Waals surface area contributed by atoms with Crippen LogP contribution < -0.4 is 20.3 Å². The second-order valence-corrected chi connectivity index (χ2v) is 16.9. The number of amides is 5. The van der Waals surface area contributed by atoms with Gasteiger partial charge in [0.1, 0.15) is 41.3 Å². The van der Waals surface area contributed by atoms with E-state index in [4.69, 9.17) is 35.3 Å². The Morgan fingerprint density at radius 1 is 0.929 bits per heavy atom. The first kappa shape index (κ1) is 51.3. The molecule has 70 heavy (non-hydrogen) atoms. The lowest BCUT2D eigenvalue weighted by molar-refractivity contribution is -0.137. The van der Waals surface area contributed by atoms with E-state index in [9.17, 15) is 33.5 Å². The molecule has 3 aliphatic rings. The molecule has 3 aliphatic heterocycles. The molecule has 0 aliphatic carbocycles. The fourth-order valence-corrected chi connectivity index (χ4v) is 8.46. The Bertz CT molecular complexity index is 2560. The number of benzene rings is 3. The van der Waals surface area contributed by atoms with Crippen LogP contribution >= 0.6 is 11.6 Å². The number of hydrogen-bond donors (Lipinski definition) is 3. The van der Waals surface area contributed by atoms with Gasteiger partial charge >= 0.3 is 0 Å². The Morgan fingerprint density at radius 3 is 2.29 bits per heavy atom. The van der Waals surface area contributed by atoms with Gasteiger partial charge in [-0.25, -0.2) is 13.8 Å². The quantitative estimate of drug-likeness (QED) is 0.0516. The lowest BCUT2D eigenvalue weighted by Crippen LogP contribution is -2.52. The molecule has 2 saturated heterocycles. The summed E-state index contributed by atoms with van der Waals surface area (Å²) in [6.07, 6.45) is 1.78. The number of ether oxygens (including phenoxy) is 5. The molecule has 0 saturated carbocycles. The first-order valence-electron chi connectivity index (χ1n) is 22.9. The van der Waals surface area contributed by atoms with Gasteiger partial charge in [0.2, 0.25) is 29.6 Å². The molecule has 0 radical (unpaired) electrons.